The molecule has 0 amide bonds. The van der Waals surface area contributed by atoms with Crippen LogP contribution in [0.1, 0.15) is 35.7 Å². The van der Waals surface area contributed by atoms with E-state index in [1.807, 2.05) is 31.2 Å². The highest BCUT2D eigenvalue weighted by atomic mass is 16.5. The number of Topliss-reactive ketones (excluding diaryl/α,β-unsaturated/α-hetero) is 1. The molecule has 1 aromatic carbocycles. The van der Waals surface area contributed by atoms with Crippen LogP contribution in [0.15, 0.2) is 24.3 Å². The summed E-state index contributed by atoms with van der Waals surface area (Å²) < 4.78 is 5.01. The summed E-state index contributed by atoms with van der Waals surface area (Å²) in [5, 5.41) is 0. The molecule has 0 saturated heterocycles. The Morgan fingerprint density at radius 3 is 2.86 bits per heavy atom. The molecule has 0 aliphatic heterocycles. The first-order valence-corrected chi connectivity index (χ1v) is 4.89. The Hall–Kier alpha value is -1.15. The van der Waals surface area contributed by atoms with Crippen molar-refractivity contribution in [1.29, 1.82) is 0 Å². The number of carbonyl (C=O) groups excluding carboxylic acids is 1. The molecule has 1 aromatic rings. The number of rotatable bonds is 5. The van der Waals surface area contributed by atoms with Crippen LogP contribution in [0.5, 0.6) is 0 Å². The molecule has 0 fully saturated rings. The number of hydrogen-bond donors (Lipinski definition) is 0. The molecular weight excluding hydrogens is 176 g/mol. The van der Waals surface area contributed by atoms with Crippen LogP contribution in [0.3, 0.4) is 0 Å². The Labute approximate surface area is 84.9 Å². The van der Waals surface area contributed by atoms with Crippen molar-refractivity contribution >= 4 is 5.78 Å². The van der Waals surface area contributed by atoms with Crippen LogP contribution in [-0.4, -0.2) is 12.9 Å². The van der Waals surface area contributed by atoms with Crippen molar-refractivity contribution in [2.75, 3.05) is 7.11 Å². The Kier molecular flexibility index (Phi) is 4.33. The van der Waals surface area contributed by atoms with Gasteiger partial charge in [0.1, 0.15) is 0 Å². The summed E-state index contributed by atoms with van der Waals surface area (Å²) in [5.74, 6) is 0.213. The van der Waals surface area contributed by atoms with Crippen LogP contribution in [0.4, 0.5) is 0 Å². The van der Waals surface area contributed by atoms with Gasteiger partial charge in [0, 0.05) is 19.1 Å². The number of benzene rings is 1. The van der Waals surface area contributed by atoms with Crippen LogP contribution in [0.25, 0.3) is 0 Å². The average Bonchev–Trinajstić information content (AvgIpc) is 2.19. The van der Waals surface area contributed by atoms with E-state index in [2.05, 4.69) is 0 Å². The first kappa shape index (κ1) is 10.9. The maximum atomic E-state index is 11.6. The Morgan fingerprint density at radius 2 is 2.21 bits per heavy atom. The molecular formula is C12H16O2. The van der Waals surface area contributed by atoms with Crippen molar-refractivity contribution in [3.05, 3.63) is 35.4 Å². The lowest BCUT2D eigenvalue weighted by atomic mass is 10.0. The third-order valence-corrected chi connectivity index (χ3v) is 2.04. The standard InChI is InChI=1S/C12H16O2/c1-3-5-12(13)11-7-4-6-10(8-11)9-14-2/h4,6-8H,3,5,9H2,1-2H3. The maximum Gasteiger partial charge on any atom is 0.162 e. The highest BCUT2D eigenvalue weighted by Gasteiger charge is 2.04. The van der Waals surface area contributed by atoms with E-state index in [9.17, 15) is 4.79 Å². The Bertz CT molecular complexity index is 305. The zero-order valence-corrected chi connectivity index (χ0v) is 8.75. The van der Waals surface area contributed by atoms with E-state index in [4.69, 9.17) is 4.74 Å². The van der Waals surface area contributed by atoms with E-state index in [0.29, 0.717) is 13.0 Å². The molecule has 0 spiro atoms. The summed E-state index contributed by atoms with van der Waals surface area (Å²) in [5.41, 5.74) is 1.84. The van der Waals surface area contributed by atoms with Crippen LogP contribution < -0.4 is 0 Å². The average molecular weight is 192 g/mol. The zero-order chi connectivity index (χ0) is 10.4. The fraction of sp³-hybridized carbons (Fsp3) is 0.417. The molecule has 76 valence electrons. The monoisotopic (exact) mass is 192 g/mol. The van der Waals surface area contributed by atoms with Crippen molar-refractivity contribution in [3.8, 4) is 0 Å². The lowest BCUT2D eigenvalue weighted by Gasteiger charge is -2.02. The predicted octanol–water partition coefficient (Wildman–Crippen LogP) is 2.82. The molecule has 0 aliphatic rings. The Morgan fingerprint density at radius 1 is 1.43 bits per heavy atom. The topological polar surface area (TPSA) is 26.3 Å². The van der Waals surface area contributed by atoms with Gasteiger partial charge in [-0.05, 0) is 18.1 Å². The molecule has 0 aliphatic carbocycles. The predicted molar refractivity (Wildman–Crippen MR) is 56.4 cm³/mol. The molecule has 2 heteroatoms. The number of methoxy groups -OCH3 is 1. The second-order valence-corrected chi connectivity index (χ2v) is 3.31. The summed E-state index contributed by atoms with van der Waals surface area (Å²) >= 11 is 0. The summed E-state index contributed by atoms with van der Waals surface area (Å²) in [7, 11) is 1.65. The van der Waals surface area contributed by atoms with Gasteiger partial charge in [-0.25, -0.2) is 0 Å². The quantitative estimate of drug-likeness (QED) is 0.670. The van der Waals surface area contributed by atoms with Gasteiger partial charge in [0.05, 0.1) is 6.61 Å². The van der Waals surface area contributed by atoms with E-state index in [0.717, 1.165) is 17.5 Å². The van der Waals surface area contributed by atoms with Crippen molar-refractivity contribution in [2.45, 2.75) is 26.4 Å². The van der Waals surface area contributed by atoms with Gasteiger partial charge < -0.3 is 4.74 Å². The van der Waals surface area contributed by atoms with E-state index < -0.39 is 0 Å². The minimum atomic E-state index is 0.213. The van der Waals surface area contributed by atoms with Crippen LogP contribution >= 0.6 is 0 Å². The van der Waals surface area contributed by atoms with Gasteiger partial charge >= 0.3 is 0 Å². The minimum Gasteiger partial charge on any atom is -0.380 e. The van der Waals surface area contributed by atoms with Crippen molar-refractivity contribution in [3.63, 3.8) is 0 Å². The molecule has 0 heterocycles. The van der Waals surface area contributed by atoms with E-state index in [1.165, 1.54) is 0 Å². The minimum absolute atomic E-state index is 0.213. The molecule has 0 radical (unpaired) electrons. The van der Waals surface area contributed by atoms with E-state index >= 15 is 0 Å². The lowest BCUT2D eigenvalue weighted by Crippen LogP contribution is -1.99. The lowest BCUT2D eigenvalue weighted by molar-refractivity contribution is 0.0981. The zero-order valence-electron chi connectivity index (χ0n) is 8.75. The van der Waals surface area contributed by atoms with Gasteiger partial charge in [0.15, 0.2) is 5.78 Å². The molecule has 14 heavy (non-hydrogen) atoms. The molecule has 0 N–H and O–H groups in total. The van der Waals surface area contributed by atoms with Gasteiger partial charge in [-0.3, -0.25) is 4.79 Å². The fourth-order valence-corrected chi connectivity index (χ4v) is 1.37. The maximum absolute atomic E-state index is 11.6. The van der Waals surface area contributed by atoms with Gasteiger partial charge in [0.2, 0.25) is 0 Å². The van der Waals surface area contributed by atoms with Crippen LogP contribution in [-0.2, 0) is 11.3 Å². The molecule has 0 aromatic heterocycles. The Balaban J connectivity index is 2.77. The van der Waals surface area contributed by atoms with Gasteiger partial charge in [-0.15, -0.1) is 0 Å². The second-order valence-electron chi connectivity index (χ2n) is 3.31. The summed E-state index contributed by atoms with van der Waals surface area (Å²) in [6.45, 7) is 2.57. The van der Waals surface area contributed by atoms with E-state index in [-0.39, 0.29) is 5.78 Å². The third-order valence-electron chi connectivity index (χ3n) is 2.04. The molecule has 0 bridgehead atoms. The molecule has 0 atom stereocenters. The van der Waals surface area contributed by atoms with Gasteiger partial charge in [0.25, 0.3) is 0 Å². The second kappa shape index (κ2) is 5.55. The first-order valence-electron chi connectivity index (χ1n) is 4.89. The molecule has 1 rings (SSSR count). The van der Waals surface area contributed by atoms with Crippen molar-refractivity contribution < 1.29 is 9.53 Å². The number of hydrogen-bond acceptors (Lipinski definition) is 2. The number of ketones is 1. The molecule has 0 unspecified atom stereocenters. The number of ether oxygens (including phenoxy) is 1. The summed E-state index contributed by atoms with van der Waals surface area (Å²) in [6.07, 6.45) is 1.52. The highest BCUT2D eigenvalue weighted by Crippen LogP contribution is 2.09. The normalized spacial score (nSPS) is 10.1. The summed E-state index contributed by atoms with van der Waals surface area (Å²) in [4.78, 5) is 11.6. The SMILES string of the molecule is CCCC(=O)c1cccc(COC)c1. The van der Waals surface area contributed by atoms with Crippen molar-refractivity contribution in [1.82, 2.24) is 0 Å². The molecule has 0 saturated carbocycles. The fourth-order valence-electron chi connectivity index (χ4n) is 1.37. The third kappa shape index (κ3) is 2.96. The number of carbonyl (C=O) groups is 1. The smallest absolute Gasteiger partial charge is 0.162 e. The molecule has 2 nitrogen and oxygen atoms in total. The first-order chi connectivity index (χ1) is 6.77. The highest BCUT2D eigenvalue weighted by molar-refractivity contribution is 5.96. The van der Waals surface area contributed by atoms with Crippen LogP contribution in [0, 0.1) is 0 Å². The van der Waals surface area contributed by atoms with Gasteiger partial charge in [-0.1, -0.05) is 25.1 Å². The van der Waals surface area contributed by atoms with Crippen LogP contribution in [0.2, 0.25) is 0 Å². The van der Waals surface area contributed by atoms with Crippen molar-refractivity contribution in [2.24, 2.45) is 0 Å². The largest absolute Gasteiger partial charge is 0.380 e. The van der Waals surface area contributed by atoms with E-state index in [1.54, 1.807) is 7.11 Å². The summed E-state index contributed by atoms with van der Waals surface area (Å²) in [6, 6.07) is 7.63. The van der Waals surface area contributed by atoms with Gasteiger partial charge in [-0.2, -0.15) is 0 Å².